The highest BCUT2D eigenvalue weighted by Gasteiger charge is 2.37. The molecule has 0 aliphatic carbocycles. The van der Waals surface area contributed by atoms with Crippen LogP contribution in [0.25, 0.3) is 0 Å². The molecule has 26 heavy (non-hydrogen) atoms. The zero-order chi connectivity index (χ0) is 18.7. The van der Waals surface area contributed by atoms with Crippen molar-refractivity contribution in [3.05, 3.63) is 70.8 Å². The summed E-state index contributed by atoms with van der Waals surface area (Å²) in [6.07, 6.45) is -11.5. The second-order valence-electron chi connectivity index (χ2n) is 5.36. The molecule has 0 saturated carbocycles. The van der Waals surface area contributed by atoms with Crippen LogP contribution in [0.15, 0.2) is 48.5 Å². The second kappa shape index (κ2) is 8.79. The van der Waals surface area contributed by atoms with Crippen LogP contribution in [0.3, 0.4) is 0 Å². The molecular weight excluding hydrogens is 382 g/mol. The predicted octanol–water partition coefficient (Wildman–Crippen LogP) is 5.09. The summed E-state index contributed by atoms with van der Waals surface area (Å²) < 4.78 is 81.9. The molecule has 9 heteroatoms. The van der Waals surface area contributed by atoms with E-state index in [0.29, 0.717) is 12.1 Å². The van der Waals surface area contributed by atoms with Crippen molar-refractivity contribution in [3.8, 4) is 0 Å². The van der Waals surface area contributed by atoms with Crippen LogP contribution in [0.4, 0.5) is 26.3 Å². The lowest BCUT2D eigenvalue weighted by atomic mass is 10.0. The minimum absolute atomic E-state index is 0. The Balaban J connectivity index is 0.00000338. The van der Waals surface area contributed by atoms with Gasteiger partial charge >= 0.3 is 12.4 Å². The maximum atomic E-state index is 12.8. The molecule has 0 radical (unpaired) electrons. The van der Waals surface area contributed by atoms with Gasteiger partial charge in [-0.05, 0) is 29.3 Å². The fraction of sp³-hybridized carbons (Fsp3) is 0.294. The summed E-state index contributed by atoms with van der Waals surface area (Å²) in [7, 11) is 0. The zero-order valence-electron chi connectivity index (χ0n) is 13.2. The first-order chi connectivity index (χ1) is 11.6. The molecule has 0 fully saturated rings. The first-order valence-corrected chi connectivity index (χ1v) is 7.16. The molecule has 144 valence electrons. The van der Waals surface area contributed by atoms with Crippen molar-refractivity contribution in [2.75, 3.05) is 6.61 Å². The Morgan fingerprint density at radius 1 is 0.846 bits per heavy atom. The summed E-state index contributed by atoms with van der Waals surface area (Å²) in [6.45, 7) is -0.365. The van der Waals surface area contributed by atoms with Crippen LogP contribution in [0, 0.1) is 0 Å². The van der Waals surface area contributed by atoms with Gasteiger partial charge in [-0.3, -0.25) is 0 Å². The number of ether oxygens (including phenoxy) is 1. The molecule has 2 aromatic carbocycles. The van der Waals surface area contributed by atoms with Gasteiger partial charge in [-0.2, -0.15) is 39.8 Å². The Bertz CT molecular complexity index is 668. The van der Waals surface area contributed by atoms with E-state index in [2.05, 4.69) is 0 Å². The molecule has 0 aliphatic heterocycles. The molecule has 0 bridgehead atoms. The standard InChI is InChI=1S/C17H14F6O2.H2S/c18-16(19,20)13-6-12(7-14(8-13)17(21,22)23)15(24)10-25-9-11-4-2-1-3-5-11;/h1-8,15,24H,9-10H2;1H2/t15-;/m1./s1. The molecule has 0 amide bonds. The maximum absolute atomic E-state index is 12.8. The van der Waals surface area contributed by atoms with E-state index in [0.717, 1.165) is 5.56 Å². The quantitative estimate of drug-likeness (QED) is 0.712. The van der Waals surface area contributed by atoms with Crippen molar-refractivity contribution in [1.82, 2.24) is 0 Å². The summed E-state index contributed by atoms with van der Waals surface area (Å²) in [5.41, 5.74) is -2.69. The largest absolute Gasteiger partial charge is 0.416 e. The van der Waals surface area contributed by atoms with Gasteiger partial charge in [0.25, 0.3) is 0 Å². The van der Waals surface area contributed by atoms with Crippen molar-refractivity contribution < 1.29 is 36.2 Å². The number of halogens is 6. The maximum Gasteiger partial charge on any atom is 0.416 e. The Kier molecular flexibility index (Phi) is 7.55. The Labute approximate surface area is 152 Å². The minimum atomic E-state index is -4.96. The smallest absolute Gasteiger partial charge is 0.386 e. The zero-order valence-corrected chi connectivity index (χ0v) is 14.2. The normalized spacial score (nSPS) is 13.2. The van der Waals surface area contributed by atoms with E-state index in [9.17, 15) is 31.4 Å². The number of hydrogen-bond acceptors (Lipinski definition) is 2. The fourth-order valence-corrected chi connectivity index (χ4v) is 2.13. The van der Waals surface area contributed by atoms with Crippen LogP contribution in [-0.4, -0.2) is 11.7 Å². The van der Waals surface area contributed by atoms with Gasteiger partial charge in [-0.15, -0.1) is 0 Å². The van der Waals surface area contributed by atoms with Crippen LogP contribution < -0.4 is 0 Å². The van der Waals surface area contributed by atoms with Gasteiger partial charge in [-0.25, -0.2) is 0 Å². The molecule has 1 atom stereocenters. The van der Waals surface area contributed by atoms with E-state index in [1.165, 1.54) is 0 Å². The lowest BCUT2D eigenvalue weighted by molar-refractivity contribution is -0.143. The number of benzene rings is 2. The molecule has 0 saturated heterocycles. The van der Waals surface area contributed by atoms with Crippen molar-refractivity contribution in [1.29, 1.82) is 0 Å². The third-order valence-corrected chi connectivity index (χ3v) is 3.38. The fourth-order valence-electron chi connectivity index (χ4n) is 2.13. The minimum Gasteiger partial charge on any atom is -0.386 e. The Hall–Kier alpha value is -1.71. The van der Waals surface area contributed by atoms with Gasteiger partial charge in [0.2, 0.25) is 0 Å². The number of aliphatic hydroxyl groups excluding tert-OH is 1. The van der Waals surface area contributed by atoms with Gasteiger partial charge in [0.15, 0.2) is 0 Å². The van der Waals surface area contributed by atoms with Crippen molar-refractivity contribution in [2.24, 2.45) is 0 Å². The highest BCUT2D eigenvalue weighted by atomic mass is 32.1. The third-order valence-electron chi connectivity index (χ3n) is 3.38. The van der Waals surface area contributed by atoms with E-state index in [1.54, 1.807) is 30.3 Å². The van der Waals surface area contributed by atoms with Crippen molar-refractivity contribution >= 4 is 13.5 Å². The van der Waals surface area contributed by atoms with Crippen molar-refractivity contribution in [3.63, 3.8) is 0 Å². The Morgan fingerprint density at radius 2 is 1.35 bits per heavy atom. The first-order valence-electron chi connectivity index (χ1n) is 7.16. The van der Waals surface area contributed by atoms with E-state index >= 15 is 0 Å². The molecule has 0 spiro atoms. The third kappa shape index (κ3) is 6.22. The number of hydrogen-bond donors (Lipinski definition) is 1. The van der Waals surface area contributed by atoms with E-state index in [1.807, 2.05) is 0 Å². The molecule has 0 heterocycles. The number of rotatable bonds is 5. The van der Waals surface area contributed by atoms with Crippen LogP contribution in [0.5, 0.6) is 0 Å². The average Bonchev–Trinajstić information content (AvgIpc) is 2.53. The van der Waals surface area contributed by atoms with Crippen LogP contribution in [0.2, 0.25) is 0 Å². The molecule has 0 unspecified atom stereocenters. The number of aliphatic hydroxyl groups is 1. The highest BCUT2D eigenvalue weighted by Crippen LogP contribution is 2.37. The summed E-state index contributed by atoms with van der Waals surface area (Å²) in [5.74, 6) is 0. The lowest BCUT2D eigenvalue weighted by Crippen LogP contribution is -2.14. The summed E-state index contributed by atoms with van der Waals surface area (Å²) in [6, 6.07) is 9.74. The molecule has 2 rings (SSSR count). The van der Waals surface area contributed by atoms with Gasteiger partial charge < -0.3 is 9.84 Å². The monoisotopic (exact) mass is 398 g/mol. The van der Waals surface area contributed by atoms with Gasteiger partial charge in [0.1, 0.15) is 6.10 Å². The molecular formula is C17H16F6O2S. The number of alkyl halides is 6. The molecule has 2 nitrogen and oxygen atoms in total. The SMILES string of the molecule is O[C@H](COCc1ccccc1)c1cc(C(F)(F)F)cc(C(F)(F)F)c1.S. The van der Waals surface area contributed by atoms with Crippen molar-refractivity contribution in [2.45, 2.75) is 25.1 Å². The average molecular weight is 398 g/mol. The first kappa shape index (κ1) is 22.3. The topological polar surface area (TPSA) is 29.5 Å². The van der Waals surface area contributed by atoms with Crippen LogP contribution in [0.1, 0.15) is 28.4 Å². The summed E-state index contributed by atoms with van der Waals surface area (Å²) in [5, 5.41) is 9.92. The lowest BCUT2D eigenvalue weighted by Gasteiger charge is -2.17. The Morgan fingerprint density at radius 3 is 1.81 bits per heavy atom. The molecule has 1 N–H and O–H groups in total. The molecule has 2 aromatic rings. The van der Waals surface area contributed by atoms with Gasteiger partial charge in [0.05, 0.1) is 24.3 Å². The summed E-state index contributed by atoms with van der Waals surface area (Å²) in [4.78, 5) is 0. The van der Waals surface area contributed by atoms with Crippen LogP contribution in [-0.2, 0) is 23.7 Å². The van der Waals surface area contributed by atoms with E-state index < -0.39 is 41.8 Å². The highest BCUT2D eigenvalue weighted by molar-refractivity contribution is 7.59. The molecule has 0 aliphatic rings. The second-order valence-corrected chi connectivity index (χ2v) is 5.36. The van der Waals surface area contributed by atoms with E-state index in [-0.39, 0.29) is 26.2 Å². The van der Waals surface area contributed by atoms with E-state index in [4.69, 9.17) is 4.74 Å². The van der Waals surface area contributed by atoms with Crippen LogP contribution >= 0.6 is 13.5 Å². The summed E-state index contributed by atoms with van der Waals surface area (Å²) >= 11 is 0. The van der Waals surface area contributed by atoms with Gasteiger partial charge in [-0.1, -0.05) is 30.3 Å². The predicted molar refractivity (Wildman–Crippen MR) is 87.9 cm³/mol. The van der Waals surface area contributed by atoms with Gasteiger partial charge in [0, 0.05) is 0 Å². The molecule has 0 aromatic heterocycles.